The van der Waals surface area contributed by atoms with E-state index in [-0.39, 0.29) is 11.6 Å². The summed E-state index contributed by atoms with van der Waals surface area (Å²) in [5.74, 6) is -0.321. The van der Waals surface area contributed by atoms with Crippen LogP contribution in [0.15, 0.2) is 48.8 Å². The van der Waals surface area contributed by atoms with Gasteiger partial charge in [0.2, 0.25) is 5.13 Å². The summed E-state index contributed by atoms with van der Waals surface area (Å²) in [6.45, 7) is 0. The Morgan fingerprint density at radius 2 is 1.96 bits per heavy atom. The Bertz CT molecular complexity index is 880. The van der Waals surface area contributed by atoms with Gasteiger partial charge in [-0.15, -0.1) is 10.2 Å². The van der Waals surface area contributed by atoms with Gasteiger partial charge in [-0.1, -0.05) is 11.3 Å². The highest BCUT2D eigenvalue weighted by Gasteiger charge is 2.19. The van der Waals surface area contributed by atoms with Gasteiger partial charge in [-0.05, 0) is 24.3 Å². The molecule has 24 heavy (non-hydrogen) atoms. The van der Waals surface area contributed by atoms with Gasteiger partial charge >= 0.3 is 0 Å². The molecule has 0 saturated carbocycles. The monoisotopic (exact) mass is 341 g/mol. The number of non-ortho nitro benzene ring substituents is 1. The van der Waals surface area contributed by atoms with E-state index in [0.717, 1.165) is 5.56 Å². The Hall–Kier alpha value is -3.20. The van der Waals surface area contributed by atoms with Crippen LogP contribution in [0.3, 0.4) is 0 Å². The molecule has 0 atom stereocenters. The van der Waals surface area contributed by atoms with Gasteiger partial charge in [-0.25, -0.2) is 0 Å². The normalized spacial score (nSPS) is 10.4. The van der Waals surface area contributed by atoms with Crippen molar-refractivity contribution in [2.45, 2.75) is 0 Å². The van der Waals surface area contributed by atoms with Crippen LogP contribution in [0, 0.1) is 10.1 Å². The van der Waals surface area contributed by atoms with Gasteiger partial charge in [0.15, 0.2) is 5.01 Å². The molecule has 8 nitrogen and oxygen atoms in total. The minimum atomic E-state index is -0.511. The third kappa shape index (κ3) is 3.10. The molecule has 3 rings (SSSR count). The average molecular weight is 341 g/mol. The highest BCUT2D eigenvalue weighted by atomic mass is 32.1. The number of nitro groups is 1. The first-order chi connectivity index (χ1) is 11.6. The van der Waals surface area contributed by atoms with Crippen LogP contribution in [-0.2, 0) is 0 Å². The van der Waals surface area contributed by atoms with Crippen LogP contribution in [0.25, 0.3) is 10.6 Å². The van der Waals surface area contributed by atoms with E-state index in [4.69, 9.17) is 0 Å². The number of anilines is 1. The lowest BCUT2D eigenvalue weighted by Crippen LogP contribution is -2.26. The van der Waals surface area contributed by atoms with Gasteiger partial charge < -0.3 is 0 Å². The van der Waals surface area contributed by atoms with Crippen molar-refractivity contribution in [3.8, 4) is 10.6 Å². The molecular formula is C15H11N5O3S. The van der Waals surface area contributed by atoms with Crippen molar-refractivity contribution < 1.29 is 9.72 Å². The maximum Gasteiger partial charge on any atom is 0.269 e. The second-order valence-corrected chi connectivity index (χ2v) is 5.76. The molecule has 1 aromatic carbocycles. The summed E-state index contributed by atoms with van der Waals surface area (Å²) in [6, 6.07) is 9.07. The zero-order valence-electron chi connectivity index (χ0n) is 12.5. The van der Waals surface area contributed by atoms with E-state index in [1.807, 2.05) is 6.07 Å². The van der Waals surface area contributed by atoms with Crippen LogP contribution in [0.2, 0.25) is 0 Å². The van der Waals surface area contributed by atoms with Crippen LogP contribution >= 0.6 is 11.3 Å². The second-order valence-electron chi connectivity index (χ2n) is 4.80. The van der Waals surface area contributed by atoms with Gasteiger partial charge in [0.1, 0.15) is 0 Å². The van der Waals surface area contributed by atoms with Crippen LogP contribution < -0.4 is 4.90 Å². The van der Waals surface area contributed by atoms with Crippen LogP contribution in [0.1, 0.15) is 10.4 Å². The average Bonchev–Trinajstić information content (AvgIpc) is 3.11. The van der Waals surface area contributed by atoms with Gasteiger partial charge in [-0.3, -0.25) is 24.8 Å². The molecule has 3 aromatic rings. The summed E-state index contributed by atoms with van der Waals surface area (Å²) in [6.07, 6.45) is 3.33. The number of hydrogen-bond acceptors (Lipinski definition) is 7. The minimum Gasteiger partial charge on any atom is -0.286 e. The molecule has 0 radical (unpaired) electrons. The number of carbonyl (C=O) groups excluding carboxylic acids is 1. The summed E-state index contributed by atoms with van der Waals surface area (Å²) < 4.78 is 0. The van der Waals surface area contributed by atoms with E-state index >= 15 is 0 Å². The molecule has 0 fully saturated rings. The van der Waals surface area contributed by atoms with Crippen molar-refractivity contribution in [3.05, 3.63) is 64.5 Å². The predicted molar refractivity (Wildman–Crippen MR) is 89.0 cm³/mol. The van der Waals surface area contributed by atoms with Crippen LogP contribution in [0.5, 0.6) is 0 Å². The van der Waals surface area contributed by atoms with Crippen molar-refractivity contribution in [1.29, 1.82) is 0 Å². The highest BCUT2D eigenvalue weighted by Crippen LogP contribution is 2.28. The van der Waals surface area contributed by atoms with Gasteiger partial charge in [0, 0.05) is 42.7 Å². The Morgan fingerprint density at radius 3 is 2.58 bits per heavy atom. The lowest BCUT2D eigenvalue weighted by molar-refractivity contribution is -0.384. The van der Waals surface area contributed by atoms with E-state index < -0.39 is 4.92 Å². The van der Waals surface area contributed by atoms with Crippen molar-refractivity contribution in [3.63, 3.8) is 0 Å². The summed E-state index contributed by atoms with van der Waals surface area (Å²) in [4.78, 5) is 28.0. The fourth-order valence-electron chi connectivity index (χ4n) is 1.96. The number of amides is 1. The van der Waals surface area contributed by atoms with Gasteiger partial charge in [0.25, 0.3) is 11.6 Å². The van der Waals surface area contributed by atoms with E-state index in [1.165, 1.54) is 40.5 Å². The maximum absolute atomic E-state index is 12.5. The molecule has 9 heteroatoms. The zero-order chi connectivity index (χ0) is 17.1. The van der Waals surface area contributed by atoms with Gasteiger partial charge in [0.05, 0.1) is 4.92 Å². The van der Waals surface area contributed by atoms with E-state index in [2.05, 4.69) is 15.2 Å². The zero-order valence-corrected chi connectivity index (χ0v) is 13.3. The Balaban J connectivity index is 1.81. The van der Waals surface area contributed by atoms with E-state index in [0.29, 0.717) is 15.7 Å². The first-order valence-corrected chi connectivity index (χ1v) is 7.64. The molecule has 0 aliphatic rings. The molecule has 0 bridgehead atoms. The number of aromatic nitrogens is 3. The standard InChI is InChI=1S/C15H11N5O3S/c1-19(14(21)10-4-6-12(7-5-10)20(22)23)15-18-17-13(24-15)11-3-2-8-16-9-11/h2-9H,1H3. The summed E-state index contributed by atoms with van der Waals surface area (Å²) >= 11 is 1.26. The number of pyridine rings is 1. The molecule has 2 heterocycles. The van der Waals surface area contributed by atoms with Crippen molar-refractivity contribution in [1.82, 2.24) is 15.2 Å². The third-order valence-electron chi connectivity index (χ3n) is 3.24. The molecule has 0 aliphatic carbocycles. The lowest BCUT2D eigenvalue weighted by atomic mass is 10.2. The fraction of sp³-hybridized carbons (Fsp3) is 0.0667. The lowest BCUT2D eigenvalue weighted by Gasteiger charge is -2.12. The smallest absolute Gasteiger partial charge is 0.269 e. The molecule has 2 aromatic heterocycles. The summed E-state index contributed by atoms with van der Waals surface area (Å²) in [7, 11) is 1.58. The summed E-state index contributed by atoms with van der Waals surface area (Å²) in [5.41, 5.74) is 1.09. The number of hydrogen-bond donors (Lipinski definition) is 0. The molecule has 120 valence electrons. The first-order valence-electron chi connectivity index (χ1n) is 6.82. The van der Waals surface area contributed by atoms with Crippen molar-refractivity contribution in [2.75, 3.05) is 11.9 Å². The maximum atomic E-state index is 12.5. The minimum absolute atomic E-state index is 0.0658. The van der Waals surface area contributed by atoms with Crippen molar-refractivity contribution >= 4 is 28.1 Å². The molecular weight excluding hydrogens is 330 g/mol. The predicted octanol–water partition coefficient (Wildman–Crippen LogP) is 2.78. The molecule has 1 amide bonds. The van der Waals surface area contributed by atoms with E-state index in [9.17, 15) is 14.9 Å². The number of carbonyl (C=O) groups is 1. The number of nitrogens with zero attached hydrogens (tertiary/aromatic N) is 5. The topological polar surface area (TPSA) is 102 Å². The molecule has 0 spiro atoms. The molecule has 0 saturated heterocycles. The quantitative estimate of drug-likeness (QED) is 0.534. The van der Waals surface area contributed by atoms with Crippen LogP contribution in [-0.4, -0.2) is 33.1 Å². The SMILES string of the molecule is CN(C(=O)c1ccc([N+](=O)[O-])cc1)c1nnc(-c2cccnc2)s1. The highest BCUT2D eigenvalue weighted by molar-refractivity contribution is 7.18. The second kappa shape index (κ2) is 6.50. The fourth-order valence-corrected chi connectivity index (χ4v) is 2.76. The Labute approximate surface area is 140 Å². The molecule has 0 aliphatic heterocycles. The third-order valence-corrected chi connectivity index (χ3v) is 4.29. The largest absolute Gasteiger partial charge is 0.286 e. The Kier molecular flexibility index (Phi) is 4.25. The summed E-state index contributed by atoms with van der Waals surface area (Å²) in [5, 5.41) is 19.8. The van der Waals surface area contributed by atoms with Crippen LogP contribution in [0.4, 0.5) is 10.8 Å². The molecule has 0 N–H and O–H groups in total. The number of nitro benzene ring substituents is 1. The number of rotatable bonds is 4. The molecule has 0 unspecified atom stereocenters. The first kappa shape index (κ1) is 15.7. The van der Waals surface area contributed by atoms with E-state index in [1.54, 1.807) is 25.5 Å². The van der Waals surface area contributed by atoms with Gasteiger partial charge in [-0.2, -0.15) is 0 Å². The Morgan fingerprint density at radius 1 is 1.21 bits per heavy atom. The van der Waals surface area contributed by atoms with Crippen molar-refractivity contribution in [2.24, 2.45) is 0 Å². The number of benzene rings is 1.